The standard InChI is InChI=1S/C22H21N3O3/c1-15(26)16-7-5-8-19(12-16)25-22(27)18-10-11-21(24-14-18)23-13-17-6-3-4-9-20(17)28-2/h3-12,14H,13H2,1-2H3,(H,23,24)(H,25,27). The maximum atomic E-state index is 12.4. The molecule has 0 aliphatic heterocycles. The van der Waals surface area contributed by atoms with Crippen LogP contribution in [0.2, 0.25) is 0 Å². The third-order valence-corrected chi connectivity index (χ3v) is 4.21. The van der Waals surface area contributed by atoms with E-state index in [0.29, 0.717) is 29.2 Å². The van der Waals surface area contributed by atoms with Crippen molar-refractivity contribution in [2.75, 3.05) is 17.7 Å². The maximum absolute atomic E-state index is 12.4. The van der Waals surface area contributed by atoms with Gasteiger partial charge in [-0.1, -0.05) is 30.3 Å². The van der Waals surface area contributed by atoms with E-state index >= 15 is 0 Å². The Morgan fingerprint density at radius 1 is 1.00 bits per heavy atom. The quantitative estimate of drug-likeness (QED) is 0.606. The Bertz CT molecular complexity index is 984. The van der Waals surface area contributed by atoms with Crippen LogP contribution < -0.4 is 15.4 Å². The first-order chi connectivity index (χ1) is 13.6. The molecule has 1 aromatic heterocycles. The van der Waals surface area contributed by atoms with Gasteiger partial charge in [-0.2, -0.15) is 0 Å². The lowest BCUT2D eigenvalue weighted by atomic mass is 10.1. The number of carbonyl (C=O) groups excluding carboxylic acids is 2. The fraction of sp³-hybridized carbons (Fsp3) is 0.136. The van der Waals surface area contributed by atoms with E-state index in [9.17, 15) is 9.59 Å². The fourth-order valence-corrected chi connectivity index (χ4v) is 2.69. The van der Waals surface area contributed by atoms with E-state index in [-0.39, 0.29) is 11.7 Å². The average molecular weight is 375 g/mol. The molecule has 1 heterocycles. The number of methoxy groups -OCH3 is 1. The van der Waals surface area contributed by atoms with Gasteiger partial charge in [0.2, 0.25) is 0 Å². The summed E-state index contributed by atoms with van der Waals surface area (Å²) in [7, 11) is 1.64. The number of nitrogens with one attached hydrogen (secondary N) is 2. The largest absolute Gasteiger partial charge is 0.496 e. The lowest BCUT2D eigenvalue weighted by Crippen LogP contribution is -2.13. The van der Waals surface area contributed by atoms with Crippen LogP contribution in [-0.4, -0.2) is 23.8 Å². The molecule has 2 N–H and O–H groups in total. The Morgan fingerprint density at radius 2 is 1.82 bits per heavy atom. The van der Waals surface area contributed by atoms with Crippen molar-refractivity contribution in [2.45, 2.75) is 13.5 Å². The summed E-state index contributed by atoms with van der Waals surface area (Å²) in [4.78, 5) is 28.1. The second-order valence-corrected chi connectivity index (χ2v) is 6.19. The highest BCUT2D eigenvalue weighted by Gasteiger charge is 2.09. The molecule has 0 aliphatic rings. The summed E-state index contributed by atoms with van der Waals surface area (Å²) >= 11 is 0. The van der Waals surface area contributed by atoms with Crippen LogP contribution in [0.5, 0.6) is 5.75 Å². The van der Waals surface area contributed by atoms with E-state index in [1.165, 1.54) is 13.1 Å². The Hall–Kier alpha value is -3.67. The summed E-state index contributed by atoms with van der Waals surface area (Å²) in [5.41, 5.74) is 2.55. The minimum atomic E-state index is -0.288. The van der Waals surface area contributed by atoms with Crippen molar-refractivity contribution < 1.29 is 14.3 Å². The van der Waals surface area contributed by atoms with Gasteiger partial charge < -0.3 is 15.4 Å². The summed E-state index contributed by atoms with van der Waals surface area (Å²) in [6, 6.07) is 18.0. The minimum absolute atomic E-state index is 0.0526. The molecular weight excluding hydrogens is 354 g/mol. The van der Waals surface area contributed by atoms with Crippen LogP contribution >= 0.6 is 0 Å². The van der Waals surface area contributed by atoms with Crippen LogP contribution in [0.4, 0.5) is 11.5 Å². The van der Waals surface area contributed by atoms with Crippen LogP contribution in [0.25, 0.3) is 0 Å². The van der Waals surface area contributed by atoms with E-state index < -0.39 is 0 Å². The van der Waals surface area contributed by atoms with Crippen molar-refractivity contribution in [1.82, 2.24) is 4.98 Å². The van der Waals surface area contributed by atoms with Gasteiger partial charge in [0.25, 0.3) is 5.91 Å². The van der Waals surface area contributed by atoms with Crippen molar-refractivity contribution >= 4 is 23.2 Å². The minimum Gasteiger partial charge on any atom is -0.496 e. The highest BCUT2D eigenvalue weighted by molar-refractivity contribution is 6.05. The van der Waals surface area contributed by atoms with Gasteiger partial charge in [0.05, 0.1) is 12.7 Å². The van der Waals surface area contributed by atoms with E-state index in [1.54, 1.807) is 43.5 Å². The number of benzene rings is 2. The van der Waals surface area contributed by atoms with E-state index in [1.807, 2.05) is 24.3 Å². The van der Waals surface area contributed by atoms with Gasteiger partial charge in [-0.3, -0.25) is 9.59 Å². The molecule has 0 atom stereocenters. The molecular formula is C22H21N3O3. The highest BCUT2D eigenvalue weighted by atomic mass is 16.5. The maximum Gasteiger partial charge on any atom is 0.257 e. The molecule has 0 spiro atoms. The topological polar surface area (TPSA) is 80.3 Å². The number of amides is 1. The lowest BCUT2D eigenvalue weighted by Gasteiger charge is -2.10. The molecule has 0 radical (unpaired) electrons. The summed E-state index contributed by atoms with van der Waals surface area (Å²) in [6.45, 7) is 2.04. The van der Waals surface area contributed by atoms with Crippen molar-refractivity contribution in [3.8, 4) is 5.75 Å². The second kappa shape index (κ2) is 8.81. The molecule has 0 saturated carbocycles. The summed E-state index contributed by atoms with van der Waals surface area (Å²) in [6.07, 6.45) is 1.51. The molecule has 0 unspecified atom stereocenters. The van der Waals surface area contributed by atoms with Crippen LogP contribution in [0.3, 0.4) is 0 Å². The molecule has 3 aromatic rings. The number of pyridine rings is 1. The molecule has 1 amide bonds. The Labute approximate surface area is 163 Å². The van der Waals surface area contributed by atoms with Crippen molar-refractivity contribution in [2.24, 2.45) is 0 Å². The highest BCUT2D eigenvalue weighted by Crippen LogP contribution is 2.19. The number of hydrogen-bond donors (Lipinski definition) is 2. The number of Topliss-reactive ketones (excluding diaryl/α,β-unsaturated/α-hetero) is 1. The van der Waals surface area contributed by atoms with Gasteiger partial charge in [-0.05, 0) is 37.3 Å². The predicted molar refractivity (Wildman–Crippen MR) is 109 cm³/mol. The zero-order chi connectivity index (χ0) is 19.9. The third-order valence-electron chi connectivity index (χ3n) is 4.21. The molecule has 3 rings (SSSR count). The van der Waals surface area contributed by atoms with Crippen molar-refractivity contribution in [1.29, 1.82) is 0 Å². The molecule has 2 aromatic carbocycles. The average Bonchev–Trinajstić information content (AvgIpc) is 2.73. The van der Waals surface area contributed by atoms with Crippen LogP contribution in [-0.2, 0) is 6.54 Å². The van der Waals surface area contributed by atoms with E-state index in [2.05, 4.69) is 15.6 Å². The number of anilines is 2. The second-order valence-electron chi connectivity index (χ2n) is 6.19. The normalized spacial score (nSPS) is 10.2. The van der Waals surface area contributed by atoms with Crippen molar-refractivity contribution in [3.63, 3.8) is 0 Å². The molecule has 142 valence electrons. The van der Waals surface area contributed by atoms with Crippen LogP contribution in [0.15, 0.2) is 66.9 Å². The van der Waals surface area contributed by atoms with E-state index in [4.69, 9.17) is 4.74 Å². The van der Waals surface area contributed by atoms with Crippen LogP contribution in [0.1, 0.15) is 33.2 Å². The molecule has 0 fully saturated rings. The monoisotopic (exact) mass is 375 g/mol. The third kappa shape index (κ3) is 4.73. The van der Waals surface area contributed by atoms with Gasteiger partial charge in [0.15, 0.2) is 5.78 Å². The number of aromatic nitrogens is 1. The number of carbonyl (C=O) groups is 2. The zero-order valence-corrected chi connectivity index (χ0v) is 15.7. The molecule has 0 bridgehead atoms. The smallest absolute Gasteiger partial charge is 0.257 e. The molecule has 28 heavy (non-hydrogen) atoms. The number of ketones is 1. The number of hydrogen-bond acceptors (Lipinski definition) is 5. The first-order valence-corrected chi connectivity index (χ1v) is 8.81. The first-order valence-electron chi connectivity index (χ1n) is 8.81. The van der Waals surface area contributed by atoms with Crippen molar-refractivity contribution in [3.05, 3.63) is 83.6 Å². The first kappa shape index (κ1) is 19.1. The summed E-state index contributed by atoms with van der Waals surface area (Å²) < 4.78 is 5.33. The number of ether oxygens (including phenoxy) is 1. The van der Waals surface area contributed by atoms with Gasteiger partial charge >= 0.3 is 0 Å². The zero-order valence-electron chi connectivity index (χ0n) is 15.7. The van der Waals surface area contributed by atoms with Gasteiger partial charge in [-0.25, -0.2) is 4.98 Å². The van der Waals surface area contributed by atoms with Crippen LogP contribution in [0, 0.1) is 0 Å². The molecule has 0 saturated heterocycles. The Balaban J connectivity index is 1.63. The predicted octanol–water partition coefficient (Wildman–Crippen LogP) is 4.16. The summed E-state index contributed by atoms with van der Waals surface area (Å²) in [5.74, 6) is 1.12. The van der Waals surface area contributed by atoms with Gasteiger partial charge in [0.1, 0.15) is 11.6 Å². The summed E-state index contributed by atoms with van der Waals surface area (Å²) in [5, 5.41) is 5.99. The Kier molecular flexibility index (Phi) is 6.01. The SMILES string of the molecule is COc1ccccc1CNc1ccc(C(=O)Nc2cccc(C(C)=O)c2)cn1. The van der Waals surface area contributed by atoms with Gasteiger partial charge in [0, 0.05) is 29.6 Å². The fourth-order valence-electron chi connectivity index (χ4n) is 2.69. The number of rotatable bonds is 7. The van der Waals surface area contributed by atoms with E-state index in [0.717, 1.165) is 11.3 Å². The number of para-hydroxylation sites is 1. The number of nitrogens with zero attached hydrogens (tertiary/aromatic N) is 1. The lowest BCUT2D eigenvalue weighted by molar-refractivity contribution is 0.101. The molecule has 0 aliphatic carbocycles. The Morgan fingerprint density at radius 3 is 2.54 bits per heavy atom. The molecule has 6 heteroatoms. The molecule has 6 nitrogen and oxygen atoms in total. The van der Waals surface area contributed by atoms with Gasteiger partial charge in [-0.15, -0.1) is 0 Å².